The molecule has 0 spiro atoms. The van der Waals surface area contributed by atoms with E-state index in [-0.39, 0.29) is 5.56 Å². The van der Waals surface area contributed by atoms with Gasteiger partial charge in [0.2, 0.25) is 5.75 Å². The molecule has 1 atom stereocenters. The third kappa shape index (κ3) is 3.84. The number of hydrazine groups is 1. The Labute approximate surface area is 192 Å². The molecule has 0 bridgehead atoms. The van der Waals surface area contributed by atoms with E-state index in [4.69, 9.17) is 18.6 Å². The van der Waals surface area contributed by atoms with Gasteiger partial charge >= 0.3 is 0 Å². The highest BCUT2D eigenvalue weighted by molar-refractivity contribution is 9.10. The normalized spacial score (nSPS) is 14.9. The highest BCUT2D eigenvalue weighted by Crippen LogP contribution is 2.38. The number of furan rings is 1. The fraction of sp³-hybridized carbons (Fsp3) is 0.182. The molecule has 2 N–H and O–H groups in total. The molecule has 1 aromatic heterocycles. The topological polar surface area (TPSA) is 102 Å². The van der Waals surface area contributed by atoms with Crippen LogP contribution in [-0.4, -0.2) is 38.2 Å². The first-order valence-electron chi connectivity index (χ1n) is 9.51. The fourth-order valence-electron chi connectivity index (χ4n) is 3.42. The fourth-order valence-corrected chi connectivity index (χ4v) is 3.79. The van der Waals surface area contributed by atoms with E-state index in [1.807, 2.05) is 6.07 Å². The van der Waals surface area contributed by atoms with Crippen molar-refractivity contribution < 1.29 is 28.2 Å². The summed E-state index contributed by atoms with van der Waals surface area (Å²) in [4.78, 5) is 26.5. The molecule has 0 saturated heterocycles. The van der Waals surface area contributed by atoms with Crippen LogP contribution >= 0.6 is 15.9 Å². The number of carbonyl (C=O) groups is 2. The predicted octanol–water partition coefficient (Wildman–Crippen LogP) is 3.98. The van der Waals surface area contributed by atoms with E-state index >= 15 is 0 Å². The maximum absolute atomic E-state index is 13.3. The third-order valence-electron chi connectivity index (χ3n) is 4.94. The van der Waals surface area contributed by atoms with E-state index in [1.165, 1.54) is 44.7 Å². The van der Waals surface area contributed by atoms with Crippen LogP contribution in [0.25, 0.3) is 0 Å². The molecule has 2 amide bonds. The minimum absolute atomic E-state index is 0.213. The van der Waals surface area contributed by atoms with Gasteiger partial charge in [0.05, 0.1) is 33.2 Å². The molecule has 2 aromatic carbocycles. The molecule has 32 heavy (non-hydrogen) atoms. The summed E-state index contributed by atoms with van der Waals surface area (Å²) in [6, 6.07) is 11.7. The Morgan fingerprint density at radius 2 is 1.81 bits per heavy atom. The maximum atomic E-state index is 13.3. The van der Waals surface area contributed by atoms with Crippen molar-refractivity contribution in [1.82, 2.24) is 10.4 Å². The Morgan fingerprint density at radius 3 is 2.41 bits per heavy atom. The molecule has 2 heterocycles. The van der Waals surface area contributed by atoms with Gasteiger partial charge in [0.15, 0.2) is 17.7 Å². The largest absolute Gasteiger partial charge is 0.493 e. The summed E-state index contributed by atoms with van der Waals surface area (Å²) in [6.07, 6.45) is 0.745. The van der Waals surface area contributed by atoms with Gasteiger partial charge in [-0.15, -0.1) is 0 Å². The SMILES string of the molecule is COc1cc(C(=O)NN2C(=O)c3cc(Br)ccc3NC2c2ccco2)cc(OC)c1OC. The predicted molar refractivity (Wildman–Crippen MR) is 119 cm³/mol. The Hall–Kier alpha value is -3.66. The lowest BCUT2D eigenvalue weighted by Crippen LogP contribution is -2.52. The van der Waals surface area contributed by atoms with Crippen molar-refractivity contribution in [3.63, 3.8) is 0 Å². The van der Waals surface area contributed by atoms with Gasteiger partial charge in [-0.05, 0) is 42.5 Å². The van der Waals surface area contributed by atoms with E-state index in [0.29, 0.717) is 34.3 Å². The van der Waals surface area contributed by atoms with Crippen LogP contribution < -0.4 is 25.0 Å². The molecule has 3 aromatic rings. The van der Waals surface area contributed by atoms with Crippen molar-refractivity contribution in [2.75, 3.05) is 26.6 Å². The van der Waals surface area contributed by atoms with E-state index in [1.54, 1.807) is 24.3 Å². The number of ether oxygens (including phenoxy) is 3. The van der Waals surface area contributed by atoms with Gasteiger partial charge in [-0.1, -0.05) is 15.9 Å². The molecular weight excluding hydrogens is 482 g/mol. The second kappa shape index (κ2) is 8.83. The van der Waals surface area contributed by atoms with Crippen molar-refractivity contribution in [3.8, 4) is 17.2 Å². The molecule has 9 nitrogen and oxygen atoms in total. The number of amides is 2. The average Bonchev–Trinajstić information content (AvgIpc) is 3.34. The lowest BCUT2D eigenvalue weighted by atomic mass is 10.1. The molecule has 10 heteroatoms. The highest BCUT2D eigenvalue weighted by Gasteiger charge is 2.36. The van der Waals surface area contributed by atoms with Crippen molar-refractivity contribution in [1.29, 1.82) is 0 Å². The summed E-state index contributed by atoms with van der Waals surface area (Å²) < 4.78 is 22.2. The van der Waals surface area contributed by atoms with E-state index in [0.717, 1.165) is 4.47 Å². The molecule has 1 aliphatic heterocycles. The number of benzene rings is 2. The Kier molecular flexibility index (Phi) is 5.95. The summed E-state index contributed by atoms with van der Waals surface area (Å²) in [5.74, 6) is 0.497. The third-order valence-corrected chi connectivity index (χ3v) is 5.44. The Morgan fingerprint density at radius 1 is 1.09 bits per heavy atom. The van der Waals surface area contributed by atoms with Crippen LogP contribution in [0, 0.1) is 0 Å². The molecule has 4 rings (SSSR count). The number of nitrogens with one attached hydrogen (secondary N) is 2. The second-order valence-corrected chi connectivity index (χ2v) is 7.70. The summed E-state index contributed by atoms with van der Waals surface area (Å²) >= 11 is 3.38. The van der Waals surface area contributed by atoms with Gasteiger partial charge in [-0.25, -0.2) is 5.01 Å². The average molecular weight is 502 g/mol. The zero-order valence-corrected chi connectivity index (χ0v) is 19.1. The van der Waals surface area contributed by atoms with Crippen LogP contribution in [0.5, 0.6) is 17.2 Å². The molecule has 0 saturated carbocycles. The lowest BCUT2D eigenvalue weighted by Gasteiger charge is -2.36. The molecular formula is C22H20BrN3O6. The van der Waals surface area contributed by atoms with Crippen LogP contribution in [-0.2, 0) is 0 Å². The van der Waals surface area contributed by atoms with Crippen molar-refractivity contribution in [2.24, 2.45) is 0 Å². The van der Waals surface area contributed by atoms with E-state index in [2.05, 4.69) is 26.7 Å². The van der Waals surface area contributed by atoms with Crippen molar-refractivity contribution in [3.05, 3.63) is 70.1 Å². The zero-order chi connectivity index (χ0) is 22.8. The monoisotopic (exact) mass is 501 g/mol. The van der Waals surface area contributed by atoms with Crippen LogP contribution in [0.4, 0.5) is 5.69 Å². The summed E-state index contributed by atoms with van der Waals surface area (Å²) in [5.41, 5.74) is 3.91. The molecule has 1 unspecified atom stereocenters. The molecule has 1 aliphatic rings. The molecule has 0 radical (unpaired) electrons. The van der Waals surface area contributed by atoms with Crippen LogP contribution in [0.3, 0.4) is 0 Å². The standard InChI is InChI=1S/C22H20BrN3O6/c1-29-17-9-12(10-18(30-2)19(17)31-3)21(27)25-26-20(16-5-4-8-32-16)24-15-7-6-13(23)11-14(15)22(26)28/h4-11,20,24H,1-3H3,(H,25,27). The number of hydrogen-bond acceptors (Lipinski definition) is 7. The molecule has 0 aliphatic carbocycles. The van der Waals surface area contributed by atoms with E-state index < -0.39 is 18.0 Å². The maximum Gasteiger partial charge on any atom is 0.276 e. The second-order valence-electron chi connectivity index (χ2n) is 6.78. The van der Waals surface area contributed by atoms with Gasteiger partial charge in [-0.3, -0.25) is 15.0 Å². The summed E-state index contributed by atoms with van der Waals surface area (Å²) in [5, 5.41) is 4.43. The van der Waals surface area contributed by atoms with Crippen LogP contribution in [0.2, 0.25) is 0 Å². The number of nitrogens with zero attached hydrogens (tertiary/aromatic N) is 1. The Bertz CT molecular complexity index is 1140. The summed E-state index contributed by atoms with van der Waals surface area (Å²) in [7, 11) is 4.39. The number of methoxy groups -OCH3 is 3. The van der Waals surface area contributed by atoms with Crippen LogP contribution in [0.15, 0.2) is 57.6 Å². The molecule has 0 fully saturated rings. The van der Waals surface area contributed by atoms with Crippen LogP contribution in [0.1, 0.15) is 32.6 Å². The number of rotatable bonds is 6. The highest BCUT2D eigenvalue weighted by atomic mass is 79.9. The zero-order valence-electron chi connectivity index (χ0n) is 17.5. The smallest absolute Gasteiger partial charge is 0.276 e. The number of halogens is 1. The van der Waals surface area contributed by atoms with Crippen molar-refractivity contribution in [2.45, 2.75) is 6.17 Å². The lowest BCUT2D eigenvalue weighted by molar-refractivity contribution is 0.0467. The minimum Gasteiger partial charge on any atom is -0.493 e. The van der Waals surface area contributed by atoms with E-state index in [9.17, 15) is 9.59 Å². The first-order valence-corrected chi connectivity index (χ1v) is 10.3. The first kappa shape index (κ1) is 21.6. The first-order chi connectivity index (χ1) is 15.5. The van der Waals surface area contributed by atoms with Gasteiger partial charge in [-0.2, -0.15) is 0 Å². The number of hydrogen-bond donors (Lipinski definition) is 2. The van der Waals surface area contributed by atoms with Gasteiger partial charge in [0.1, 0.15) is 5.76 Å². The molecule has 166 valence electrons. The number of carbonyl (C=O) groups excluding carboxylic acids is 2. The number of anilines is 1. The van der Waals surface area contributed by atoms with Gasteiger partial charge in [0.25, 0.3) is 11.8 Å². The summed E-state index contributed by atoms with van der Waals surface area (Å²) in [6.45, 7) is 0. The van der Waals surface area contributed by atoms with Gasteiger partial charge < -0.3 is 23.9 Å². The minimum atomic E-state index is -0.753. The Balaban J connectivity index is 1.71. The number of fused-ring (bicyclic) bond motifs is 1. The quantitative estimate of drug-likeness (QED) is 0.526. The van der Waals surface area contributed by atoms with Gasteiger partial charge in [0, 0.05) is 15.7 Å². The van der Waals surface area contributed by atoms with Crippen molar-refractivity contribution >= 4 is 33.4 Å².